The van der Waals surface area contributed by atoms with Crippen LogP contribution >= 0.6 is 6.42 Å². The fourth-order valence-corrected chi connectivity index (χ4v) is 4.65. The van der Waals surface area contributed by atoms with E-state index >= 15 is 0 Å². The Morgan fingerprint density at radius 1 is 1.19 bits per heavy atom. The summed E-state index contributed by atoms with van der Waals surface area (Å²) in [7, 11) is 1.27. The summed E-state index contributed by atoms with van der Waals surface area (Å²) in [6, 6.07) is 14.6. The van der Waals surface area contributed by atoms with Crippen LogP contribution in [0.3, 0.4) is 0 Å². The van der Waals surface area contributed by atoms with Crippen molar-refractivity contribution in [3.63, 3.8) is 0 Å². The number of allylic oxidation sites excluding steroid dienone is 1. The lowest BCUT2D eigenvalue weighted by Gasteiger charge is -2.20. The van der Waals surface area contributed by atoms with Gasteiger partial charge in [0.15, 0.2) is 0 Å². The number of esters is 1. The normalized spacial score (nSPS) is 14.4. The van der Waals surface area contributed by atoms with Gasteiger partial charge in [0.1, 0.15) is 17.4 Å². The first-order valence-corrected chi connectivity index (χ1v) is 10.2. The molecule has 2 aromatic rings. The highest BCUT2D eigenvalue weighted by Crippen LogP contribution is 2.50. The molecular formula is C18H18FN2O3PS. The Morgan fingerprint density at radius 2 is 1.81 bits per heavy atom. The average molecular weight is 392 g/mol. The zero-order chi connectivity index (χ0) is 19.2. The molecule has 5 nitrogen and oxygen atoms in total. The Hall–Kier alpha value is -2.50. The van der Waals surface area contributed by atoms with Crippen molar-refractivity contribution in [3.8, 4) is 0 Å². The lowest BCUT2D eigenvalue weighted by Crippen LogP contribution is -2.16. The van der Waals surface area contributed by atoms with Gasteiger partial charge in [0.25, 0.3) is 6.42 Å². The van der Waals surface area contributed by atoms with Crippen LogP contribution in [0.1, 0.15) is 12.5 Å². The Morgan fingerprint density at radius 3 is 2.38 bits per heavy atom. The summed E-state index contributed by atoms with van der Waals surface area (Å²) in [6.07, 6.45) is -1.81. The standard InChI is InChI=1S/C18H18FN2O3PS/c1-13(12-17(22)23-2)24-25(26,16-6-4-3-5-7-16)21-18(20)14-8-10-15(19)11-9-14/h3-12H,1-2H3,(H2,20,21,26). The lowest BCUT2D eigenvalue weighted by atomic mass is 10.2. The van der Waals surface area contributed by atoms with E-state index in [0.717, 1.165) is 0 Å². The first-order valence-electron chi connectivity index (χ1n) is 7.57. The van der Waals surface area contributed by atoms with Crippen molar-refractivity contribution in [1.82, 2.24) is 0 Å². The molecule has 1 unspecified atom stereocenters. The van der Waals surface area contributed by atoms with Crippen LogP contribution in [-0.4, -0.2) is 18.9 Å². The highest BCUT2D eigenvalue weighted by molar-refractivity contribution is 8.15. The smallest absolute Gasteiger partial charge is 0.333 e. The van der Waals surface area contributed by atoms with Crippen LogP contribution in [0.2, 0.25) is 0 Å². The Balaban J connectivity index is 2.46. The summed E-state index contributed by atoms with van der Waals surface area (Å²) in [4.78, 5) is 11.4. The highest BCUT2D eigenvalue weighted by atomic mass is 32.4. The molecule has 0 bridgehead atoms. The second-order valence-corrected chi connectivity index (χ2v) is 8.64. The lowest BCUT2D eigenvalue weighted by molar-refractivity contribution is -0.135. The first kappa shape index (κ1) is 19.8. The third-order valence-electron chi connectivity index (χ3n) is 3.25. The van der Waals surface area contributed by atoms with E-state index in [-0.39, 0.29) is 17.4 Å². The number of nitrogens with two attached hydrogens (primary N) is 1. The van der Waals surface area contributed by atoms with E-state index < -0.39 is 12.4 Å². The molecule has 0 heterocycles. The molecule has 2 N–H and O–H groups in total. The summed E-state index contributed by atoms with van der Waals surface area (Å²) in [5, 5.41) is 0.665. The number of halogens is 1. The zero-order valence-corrected chi connectivity index (χ0v) is 16.0. The van der Waals surface area contributed by atoms with Gasteiger partial charge < -0.3 is 15.0 Å². The molecule has 136 valence electrons. The van der Waals surface area contributed by atoms with E-state index in [1.165, 1.54) is 37.5 Å². The van der Waals surface area contributed by atoms with E-state index in [0.29, 0.717) is 10.9 Å². The molecule has 0 radical (unpaired) electrons. The summed E-state index contributed by atoms with van der Waals surface area (Å²) in [5.74, 6) is -0.549. The summed E-state index contributed by atoms with van der Waals surface area (Å²) in [6.45, 7) is 1.59. The maximum Gasteiger partial charge on any atom is 0.333 e. The number of carbonyl (C=O) groups is 1. The van der Waals surface area contributed by atoms with Crippen molar-refractivity contribution in [2.45, 2.75) is 6.92 Å². The van der Waals surface area contributed by atoms with Crippen molar-refractivity contribution in [2.75, 3.05) is 7.11 Å². The molecule has 1 atom stereocenters. The molecule has 0 amide bonds. The van der Waals surface area contributed by atoms with E-state index in [9.17, 15) is 9.18 Å². The van der Waals surface area contributed by atoms with Gasteiger partial charge in [0, 0.05) is 10.9 Å². The number of hydrogen-bond acceptors (Lipinski definition) is 4. The Bertz CT molecular complexity index is 883. The third-order valence-corrected chi connectivity index (χ3v) is 6.32. The van der Waals surface area contributed by atoms with Gasteiger partial charge in [-0.1, -0.05) is 18.2 Å². The SMILES string of the molecule is COC(=O)C=C(C)OP(=S)(N=C(N)c1ccc(F)cc1)c1ccccc1. The number of rotatable bonds is 6. The van der Waals surface area contributed by atoms with Gasteiger partial charge in [0.05, 0.1) is 13.2 Å². The molecule has 0 saturated carbocycles. The Kier molecular flexibility index (Phi) is 6.66. The number of carbonyl (C=O) groups excluding carboxylic acids is 1. The molecule has 26 heavy (non-hydrogen) atoms. The zero-order valence-electron chi connectivity index (χ0n) is 14.3. The number of amidine groups is 1. The van der Waals surface area contributed by atoms with Gasteiger partial charge in [-0.05, 0) is 55.1 Å². The van der Waals surface area contributed by atoms with Gasteiger partial charge >= 0.3 is 5.97 Å². The van der Waals surface area contributed by atoms with E-state index in [1.54, 1.807) is 19.1 Å². The van der Waals surface area contributed by atoms with Crippen LogP contribution in [0, 0.1) is 5.82 Å². The second-order valence-electron chi connectivity index (χ2n) is 5.22. The minimum absolute atomic E-state index is 0.128. The van der Waals surface area contributed by atoms with Crippen LogP contribution in [0.15, 0.2) is 71.2 Å². The maximum atomic E-state index is 13.1. The third kappa shape index (κ3) is 5.25. The topological polar surface area (TPSA) is 73.9 Å². The van der Waals surface area contributed by atoms with Crippen molar-refractivity contribution in [3.05, 3.63) is 77.8 Å². The molecule has 0 aliphatic heterocycles. The van der Waals surface area contributed by atoms with Crippen LogP contribution < -0.4 is 11.0 Å². The molecule has 0 saturated heterocycles. The summed E-state index contributed by atoms with van der Waals surface area (Å²) < 4.78 is 28.0. The molecule has 2 aromatic carbocycles. The van der Waals surface area contributed by atoms with Crippen molar-refractivity contribution in [2.24, 2.45) is 10.5 Å². The van der Waals surface area contributed by atoms with Crippen LogP contribution in [0.25, 0.3) is 0 Å². The highest BCUT2D eigenvalue weighted by Gasteiger charge is 2.23. The molecular weight excluding hydrogens is 374 g/mol. The van der Waals surface area contributed by atoms with Gasteiger partial charge in [-0.2, -0.15) is 4.76 Å². The van der Waals surface area contributed by atoms with E-state index in [2.05, 4.69) is 9.50 Å². The number of hydrogen-bond donors (Lipinski definition) is 1. The largest absolute Gasteiger partial charge is 0.466 e. The van der Waals surface area contributed by atoms with Crippen LogP contribution in [0.4, 0.5) is 4.39 Å². The van der Waals surface area contributed by atoms with E-state index in [4.69, 9.17) is 22.1 Å². The van der Waals surface area contributed by atoms with Gasteiger partial charge in [-0.3, -0.25) is 0 Å². The predicted octanol–water partition coefficient (Wildman–Crippen LogP) is 3.26. The summed E-state index contributed by atoms with van der Waals surface area (Å²) >= 11 is 5.69. The van der Waals surface area contributed by atoms with Gasteiger partial charge in [0.2, 0.25) is 0 Å². The number of methoxy groups -OCH3 is 1. The monoisotopic (exact) mass is 392 g/mol. The minimum Gasteiger partial charge on any atom is -0.466 e. The fraction of sp³-hybridized carbons (Fsp3) is 0.111. The van der Waals surface area contributed by atoms with E-state index in [1.807, 2.05) is 18.2 Å². The van der Waals surface area contributed by atoms with Crippen molar-refractivity contribution in [1.29, 1.82) is 0 Å². The summed E-state index contributed by atoms with van der Waals surface area (Å²) in [5.41, 5.74) is 6.59. The predicted molar refractivity (Wildman–Crippen MR) is 104 cm³/mol. The molecule has 0 spiro atoms. The van der Waals surface area contributed by atoms with Crippen LogP contribution in [-0.2, 0) is 25.9 Å². The number of nitrogens with zero attached hydrogens (tertiary/aromatic N) is 1. The molecule has 0 aromatic heterocycles. The quantitative estimate of drug-likeness (QED) is 0.204. The first-order chi connectivity index (χ1) is 12.3. The average Bonchev–Trinajstić information content (AvgIpc) is 2.62. The maximum absolute atomic E-state index is 13.1. The second kappa shape index (κ2) is 8.74. The van der Waals surface area contributed by atoms with Crippen LogP contribution in [0.5, 0.6) is 0 Å². The van der Waals surface area contributed by atoms with Gasteiger partial charge in [-0.25, -0.2) is 9.18 Å². The number of benzene rings is 2. The molecule has 0 fully saturated rings. The fourth-order valence-electron chi connectivity index (χ4n) is 2.01. The van der Waals surface area contributed by atoms with Crippen molar-refractivity contribution >= 4 is 35.3 Å². The molecule has 2 rings (SSSR count). The van der Waals surface area contributed by atoms with Gasteiger partial charge in [-0.15, -0.1) is 0 Å². The minimum atomic E-state index is -3.00. The molecule has 8 heteroatoms. The molecule has 0 aliphatic rings. The number of ether oxygens (including phenoxy) is 1. The molecule has 0 aliphatic carbocycles. The Labute approximate surface area is 156 Å². The van der Waals surface area contributed by atoms with Crippen molar-refractivity contribution < 1.29 is 18.4 Å².